The summed E-state index contributed by atoms with van der Waals surface area (Å²) in [6, 6.07) is 20.1. The molecule has 228 valence electrons. The van der Waals surface area contributed by atoms with Crippen LogP contribution >= 0.6 is 0 Å². The lowest BCUT2D eigenvalue weighted by atomic mass is 10.0. The Morgan fingerprint density at radius 3 is 2.27 bits per heavy atom. The van der Waals surface area contributed by atoms with Gasteiger partial charge in [0.15, 0.2) is 10.6 Å². The SMILES string of the molecule is Cc1ccc(Oc2ccc(-n3nc4c(c3C(N)=O)NCC[C@H]4N3CCN(S(=O)(=O)c4ccccc4[N+](=O)[O-])CC3)cc2)cc1. The van der Waals surface area contributed by atoms with Gasteiger partial charge < -0.3 is 15.8 Å². The van der Waals surface area contributed by atoms with Gasteiger partial charge in [-0.1, -0.05) is 29.8 Å². The molecule has 3 N–H and O–H groups in total. The number of hydrogen-bond acceptors (Lipinski definition) is 9. The van der Waals surface area contributed by atoms with E-state index in [1.54, 1.807) is 24.3 Å². The molecule has 0 bridgehead atoms. The summed E-state index contributed by atoms with van der Waals surface area (Å²) >= 11 is 0. The van der Waals surface area contributed by atoms with Crippen molar-refractivity contribution in [2.45, 2.75) is 24.3 Å². The molecule has 1 amide bonds. The number of nitro groups is 1. The number of fused-ring (bicyclic) bond motifs is 1. The third-order valence-electron chi connectivity index (χ3n) is 7.91. The molecule has 6 rings (SSSR count). The summed E-state index contributed by atoms with van der Waals surface area (Å²) in [5.74, 6) is 0.699. The molecule has 1 saturated heterocycles. The molecule has 0 radical (unpaired) electrons. The first-order valence-electron chi connectivity index (χ1n) is 14.1. The summed E-state index contributed by atoms with van der Waals surface area (Å²) in [6.07, 6.45) is 0.683. The number of nitrogens with one attached hydrogen (secondary N) is 1. The number of carbonyl (C=O) groups is 1. The maximum atomic E-state index is 13.3. The topological polar surface area (TPSA) is 166 Å². The number of hydrogen-bond donors (Lipinski definition) is 2. The van der Waals surface area contributed by atoms with Crippen molar-refractivity contribution in [3.8, 4) is 17.2 Å². The van der Waals surface area contributed by atoms with Crippen molar-refractivity contribution >= 4 is 27.3 Å². The molecular weight excluding hydrogens is 586 g/mol. The summed E-state index contributed by atoms with van der Waals surface area (Å²) in [6.45, 7) is 3.65. The van der Waals surface area contributed by atoms with Crippen molar-refractivity contribution in [3.63, 3.8) is 0 Å². The van der Waals surface area contributed by atoms with Crippen LogP contribution in [0.2, 0.25) is 0 Å². The third-order valence-corrected chi connectivity index (χ3v) is 9.86. The molecule has 13 nitrogen and oxygen atoms in total. The van der Waals surface area contributed by atoms with Crippen molar-refractivity contribution < 1.29 is 22.9 Å². The summed E-state index contributed by atoms with van der Waals surface area (Å²) in [5, 5.41) is 19.6. The number of amides is 1. The fourth-order valence-electron chi connectivity index (χ4n) is 5.70. The van der Waals surface area contributed by atoms with Gasteiger partial charge in [-0.05, 0) is 55.8 Å². The second kappa shape index (κ2) is 11.7. The average Bonchev–Trinajstić information content (AvgIpc) is 3.43. The highest BCUT2D eigenvalue weighted by Gasteiger charge is 2.38. The second-order valence-electron chi connectivity index (χ2n) is 10.7. The highest BCUT2D eigenvalue weighted by Crippen LogP contribution is 2.38. The molecule has 0 spiro atoms. The number of ether oxygens (including phenoxy) is 1. The lowest BCUT2D eigenvalue weighted by Crippen LogP contribution is -2.50. The molecule has 1 aromatic heterocycles. The van der Waals surface area contributed by atoms with E-state index in [1.165, 1.54) is 33.3 Å². The first-order valence-corrected chi connectivity index (χ1v) is 15.6. The molecule has 0 unspecified atom stereocenters. The number of sulfonamides is 1. The Morgan fingerprint density at radius 2 is 1.64 bits per heavy atom. The van der Waals surface area contributed by atoms with E-state index in [4.69, 9.17) is 15.6 Å². The summed E-state index contributed by atoms with van der Waals surface area (Å²) in [4.78, 5) is 25.3. The third kappa shape index (κ3) is 5.50. The van der Waals surface area contributed by atoms with E-state index >= 15 is 0 Å². The molecule has 2 aliphatic heterocycles. The van der Waals surface area contributed by atoms with Gasteiger partial charge in [-0.15, -0.1) is 0 Å². The average molecular weight is 618 g/mol. The zero-order valence-corrected chi connectivity index (χ0v) is 24.7. The number of primary amides is 1. The molecule has 3 aromatic carbocycles. The number of nitrogens with zero attached hydrogens (tertiary/aromatic N) is 5. The van der Waals surface area contributed by atoms with E-state index in [-0.39, 0.29) is 29.7 Å². The van der Waals surface area contributed by atoms with Crippen LogP contribution in [0.4, 0.5) is 11.4 Å². The zero-order valence-electron chi connectivity index (χ0n) is 23.9. The molecule has 44 heavy (non-hydrogen) atoms. The van der Waals surface area contributed by atoms with Gasteiger partial charge in [-0.3, -0.25) is 19.8 Å². The van der Waals surface area contributed by atoms with Crippen molar-refractivity contribution in [1.29, 1.82) is 0 Å². The highest BCUT2D eigenvalue weighted by molar-refractivity contribution is 7.89. The predicted octanol–water partition coefficient (Wildman–Crippen LogP) is 3.84. The van der Waals surface area contributed by atoms with Crippen LogP contribution in [0, 0.1) is 17.0 Å². The standard InChI is InChI=1S/C30H31N7O6S/c1-20-6-10-22(11-7-20)43-23-12-8-21(9-13-23)36-29(30(31)38)28-27(33-36)25(14-15-32-28)34-16-18-35(19-17-34)44(41,42)26-5-3-2-4-24(26)37(39)40/h2-13,25,32H,14-19H2,1H3,(H2,31,38)/t25-/m1/s1. The zero-order chi connectivity index (χ0) is 31.0. The first kappa shape index (κ1) is 29.3. The van der Waals surface area contributed by atoms with Crippen molar-refractivity contribution in [3.05, 3.63) is 99.9 Å². The molecule has 14 heteroatoms. The number of rotatable bonds is 8. The fourth-order valence-corrected chi connectivity index (χ4v) is 7.28. The van der Waals surface area contributed by atoms with Crippen LogP contribution in [0.15, 0.2) is 77.7 Å². The van der Waals surface area contributed by atoms with Gasteiger partial charge in [0.2, 0.25) is 10.0 Å². The number of nitrogens with two attached hydrogens (primary N) is 1. The lowest BCUT2D eigenvalue weighted by molar-refractivity contribution is -0.387. The van der Waals surface area contributed by atoms with Gasteiger partial charge >= 0.3 is 0 Å². The highest BCUT2D eigenvalue weighted by atomic mass is 32.2. The van der Waals surface area contributed by atoms with Crippen LogP contribution in [-0.2, 0) is 10.0 Å². The van der Waals surface area contributed by atoms with Gasteiger partial charge in [-0.25, -0.2) is 13.1 Å². The van der Waals surface area contributed by atoms with Crippen LogP contribution in [0.25, 0.3) is 5.69 Å². The normalized spacial score (nSPS) is 17.4. The van der Waals surface area contributed by atoms with Gasteiger partial charge in [0.1, 0.15) is 17.2 Å². The summed E-state index contributed by atoms with van der Waals surface area (Å²) < 4.78 is 35.4. The molecule has 3 heterocycles. The molecule has 0 aliphatic carbocycles. The molecule has 1 fully saturated rings. The Hall–Kier alpha value is -4.79. The number of para-hydroxylation sites is 1. The Balaban J connectivity index is 1.22. The van der Waals surface area contributed by atoms with E-state index in [1.807, 2.05) is 31.2 Å². The van der Waals surface area contributed by atoms with E-state index in [2.05, 4.69) is 10.2 Å². The van der Waals surface area contributed by atoms with Crippen LogP contribution in [0.1, 0.15) is 34.2 Å². The molecule has 1 atom stereocenters. The minimum Gasteiger partial charge on any atom is -0.457 e. The Kier molecular flexibility index (Phi) is 7.80. The molecule has 0 saturated carbocycles. The van der Waals surface area contributed by atoms with Gasteiger partial charge in [0, 0.05) is 38.8 Å². The maximum absolute atomic E-state index is 13.3. The number of nitro benzene ring substituents is 1. The fraction of sp³-hybridized carbons (Fsp3) is 0.267. The van der Waals surface area contributed by atoms with Crippen molar-refractivity contribution in [1.82, 2.24) is 19.0 Å². The first-order chi connectivity index (χ1) is 21.1. The van der Waals surface area contributed by atoms with Crippen LogP contribution in [0.3, 0.4) is 0 Å². The Bertz CT molecular complexity index is 1820. The van der Waals surface area contributed by atoms with E-state index in [0.29, 0.717) is 54.6 Å². The Labute approximate surface area is 254 Å². The number of aromatic nitrogens is 2. The monoisotopic (exact) mass is 617 g/mol. The molecule has 4 aromatic rings. The number of anilines is 1. The minimum atomic E-state index is -4.07. The van der Waals surface area contributed by atoms with E-state index in [0.717, 1.165) is 5.56 Å². The van der Waals surface area contributed by atoms with Crippen LogP contribution in [-0.4, -0.2) is 71.0 Å². The maximum Gasteiger partial charge on any atom is 0.289 e. The van der Waals surface area contributed by atoms with E-state index < -0.39 is 26.5 Å². The molecular formula is C30H31N7O6S. The largest absolute Gasteiger partial charge is 0.457 e. The predicted molar refractivity (Wildman–Crippen MR) is 163 cm³/mol. The van der Waals surface area contributed by atoms with Crippen molar-refractivity contribution in [2.24, 2.45) is 5.73 Å². The number of aryl methyl sites for hydroxylation is 1. The molecule has 2 aliphatic rings. The lowest BCUT2D eigenvalue weighted by Gasteiger charge is -2.39. The quantitative estimate of drug-likeness (QED) is 0.221. The summed E-state index contributed by atoms with van der Waals surface area (Å²) in [7, 11) is -4.07. The summed E-state index contributed by atoms with van der Waals surface area (Å²) in [5.41, 5.74) is 8.60. The van der Waals surface area contributed by atoms with Crippen LogP contribution in [0.5, 0.6) is 11.5 Å². The van der Waals surface area contributed by atoms with E-state index in [9.17, 15) is 23.3 Å². The number of piperazine rings is 1. The second-order valence-corrected chi connectivity index (χ2v) is 12.6. The van der Waals surface area contributed by atoms with Crippen molar-refractivity contribution in [2.75, 3.05) is 38.0 Å². The smallest absolute Gasteiger partial charge is 0.289 e. The van der Waals surface area contributed by atoms with Gasteiger partial charge in [-0.2, -0.15) is 9.40 Å². The van der Waals surface area contributed by atoms with Gasteiger partial charge in [0.05, 0.1) is 22.3 Å². The number of benzene rings is 3. The van der Waals surface area contributed by atoms with Gasteiger partial charge in [0.25, 0.3) is 11.6 Å². The Morgan fingerprint density at radius 1 is 1.00 bits per heavy atom. The number of carbonyl (C=O) groups excluding carboxylic acids is 1. The minimum absolute atomic E-state index is 0.152. The van der Waals surface area contributed by atoms with Crippen LogP contribution < -0.4 is 15.8 Å².